The molecule has 1 unspecified atom stereocenters. The van der Waals surface area contributed by atoms with Crippen LogP contribution in [0.5, 0.6) is 0 Å². The highest BCUT2D eigenvalue weighted by Crippen LogP contribution is 2.08. The van der Waals surface area contributed by atoms with Crippen LogP contribution in [-0.2, 0) is 9.53 Å². The zero-order valence-electron chi connectivity index (χ0n) is 13.6. The first-order valence-corrected chi connectivity index (χ1v) is 7.64. The molecule has 2 aromatic carbocycles. The molecule has 124 valence electrons. The van der Waals surface area contributed by atoms with E-state index >= 15 is 0 Å². The number of hydrogen-bond donors (Lipinski definition) is 1. The number of amides is 1. The Balaban J connectivity index is 2.24. The molecule has 0 spiro atoms. The van der Waals surface area contributed by atoms with Crippen molar-refractivity contribution in [1.29, 1.82) is 0 Å². The van der Waals surface area contributed by atoms with Gasteiger partial charge in [-0.3, -0.25) is 9.59 Å². The molecule has 24 heavy (non-hydrogen) atoms. The van der Waals surface area contributed by atoms with Crippen LogP contribution in [-0.4, -0.2) is 29.8 Å². The van der Waals surface area contributed by atoms with Crippen molar-refractivity contribution >= 4 is 17.7 Å². The second-order valence-electron chi connectivity index (χ2n) is 5.49. The summed E-state index contributed by atoms with van der Waals surface area (Å²) >= 11 is 0. The molecule has 0 saturated carbocycles. The summed E-state index contributed by atoms with van der Waals surface area (Å²) in [5.41, 5.74) is 0.692. The molecule has 0 heterocycles. The Kier molecular flexibility index (Phi) is 5.84. The zero-order chi connectivity index (χ0) is 17.5. The third-order valence-electron chi connectivity index (χ3n) is 3.22. The third kappa shape index (κ3) is 4.52. The second kappa shape index (κ2) is 8.06. The predicted octanol–water partition coefficient (Wildman–Crippen LogP) is 2.62. The number of carbonyl (C=O) groups is 3. The van der Waals surface area contributed by atoms with E-state index in [1.54, 1.807) is 74.5 Å². The standard InChI is InChI=1S/C19H19NO4/c1-13(2)24-19(23)16(17(21)14-9-5-3-6-10-14)20-18(22)15-11-7-4-8-12-15/h3-13,16H,1-2H3,(H,20,22). The molecule has 0 bridgehead atoms. The Morgan fingerprint density at radius 1 is 0.833 bits per heavy atom. The van der Waals surface area contributed by atoms with Crippen LogP contribution in [0.1, 0.15) is 34.6 Å². The number of nitrogens with one attached hydrogen (secondary N) is 1. The van der Waals surface area contributed by atoms with Crippen molar-refractivity contribution in [3.63, 3.8) is 0 Å². The van der Waals surface area contributed by atoms with Crippen LogP contribution in [0, 0.1) is 0 Å². The SMILES string of the molecule is CC(C)OC(=O)C(NC(=O)c1ccccc1)C(=O)c1ccccc1. The average molecular weight is 325 g/mol. The summed E-state index contributed by atoms with van der Waals surface area (Å²) in [6, 6.07) is 15.3. The van der Waals surface area contributed by atoms with Gasteiger partial charge in [-0.05, 0) is 26.0 Å². The number of ether oxygens (including phenoxy) is 1. The van der Waals surface area contributed by atoms with E-state index in [2.05, 4.69) is 5.32 Å². The molecule has 5 heteroatoms. The third-order valence-corrected chi connectivity index (χ3v) is 3.22. The second-order valence-corrected chi connectivity index (χ2v) is 5.49. The first kappa shape index (κ1) is 17.4. The van der Waals surface area contributed by atoms with Gasteiger partial charge in [0.1, 0.15) is 0 Å². The molecule has 0 aromatic heterocycles. The summed E-state index contributed by atoms with van der Waals surface area (Å²) in [7, 11) is 0. The van der Waals surface area contributed by atoms with Crippen molar-refractivity contribution < 1.29 is 19.1 Å². The van der Waals surface area contributed by atoms with Gasteiger partial charge in [0.25, 0.3) is 5.91 Å². The lowest BCUT2D eigenvalue weighted by molar-refractivity contribution is -0.148. The summed E-state index contributed by atoms with van der Waals surface area (Å²) in [6.45, 7) is 3.36. The van der Waals surface area contributed by atoms with Crippen molar-refractivity contribution in [2.24, 2.45) is 0 Å². The van der Waals surface area contributed by atoms with Crippen molar-refractivity contribution in [2.75, 3.05) is 0 Å². The highest BCUT2D eigenvalue weighted by molar-refractivity contribution is 6.14. The molecule has 1 atom stereocenters. The molecule has 0 aliphatic rings. The maximum Gasteiger partial charge on any atom is 0.337 e. The van der Waals surface area contributed by atoms with Crippen LogP contribution in [0.15, 0.2) is 60.7 Å². The minimum Gasteiger partial charge on any atom is -0.461 e. The average Bonchev–Trinajstić information content (AvgIpc) is 2.59. The van der Waals surface area contributed by atoms with Crippen LogP contribution in [0.25, 0.3) is 0 Å². The van der Waals surface area contributed by atoms with Gasteiger partial charge < -0.3 is 10.1 Å². The number of hydrogen-bond acceptors (Lipinski definition) is 4. The van der Waals surface area contributed by atoms with Gasteiger partial charge in [-0.25, -0.2) is 4.79 Å². The minimum absolute atomic E-state index is 0.330. The Morgan fingerprint density at radius 2 is 1.33 bits per heavy atom. The maximum absolute atomic E-state index is 12.6. The number of rotatable bonds is 6. The predicted molar refractivity (Wildman–Crippen MR) is 89.7 cm³/mol. The first-order chi connectivity index (χ1) is 11.5. The van der Waals surface area contributed by atoms with Crippen molar-refractivity contribution in [2.45, 2.75) is 26.0 Å². The topological polar surface area (TPSA) is 72.5 Å². The quantitative estimate of drug-likeness (QED) is 0.503. The van der Waals surface area contributed by atoms with E-state index in [1.165, 1.54) is 0 Å². The van der Waals surface area contributed by atoms with Crippen molar-refractivity contribution in [3.8, 4) is 0 Å². The Morgan fingerprint density at radius 3 is 1.83 bits per heavy atom. The van der Waals surface area contributed by atoms with E-state index in [0.29, 0.717) is 11.1 Å². The monoisotopic (exact) mass is 325 g/mol. The molecule has 1 N–H and O–H groups in total. The molecule has 0 saturated heterocycles. The first-order valence-electron chi connectivity index (χ1n) is 7.64. The lowest BCUT2D eigenvalue weighted by Gasteiger charge is -2.18. The lowest BCUT2D eigenvalue weighted by atomic mass is 10.0. The summed E-state index contributed by atoms with van der Waals surface area (Å²) < 4.78 is 5.12. The number of ketones is 1. The maximum atomic E-state index is 12.6. The summed E-state index contributed by atoms with van der Waals surface area (Å²) in [5, 5.41) is 2.47. The molecule has 2 aromatic rings. The van der Waals surface area contributed by atoms with Gasteiger partial charge in [0, 0.05) is 11.1 Å². The van der Waals surface area contributed by atoms with Gasteiger partial charge in [0.05, 0.1) is 6.10 Å². The normalized spacial score (nSPS) is 11.6. The van der Waals surface area contributed by atoms with Gasteiger partial charge in [0.2, 0.25) is 0 Å². The molecular weight excluding hydrogens is 306 g/mol. The molecule has 5 nitrogen and oxygen atoms in total. The number of Topliss-reactive ketones (excluding diaryl/α,β-unsaturated/α-hetero) is 1. The van der Waals surface area contributed by atoms with E-state index in [4.69, 9.17) is 4.74 Å². The van der Waals surface area contributed by atoms with E-state index in [-0.39, 0.29) is 0 Å². The smallest absolute Gasteiger partial charge is 0.337 e. The van der Waals surface area contributed by atoms with Crippen LogP contribution in [0.3, 0.4) is 0 Å². The van der Waals surface area contributed by atoms with E-state index in [0.717, 1.165) is 0 Å². The van der Waals surface area contributed by atoms with Crippen LogP contribution in [0.4, 0.5) is 0 Å². The fourth-order valence-corrected chi connectivity index (χ4v) is 2.10. The fourth-order valence-electron chi connectivity index (χ4n) is 2.10. The summed E-state index contributed by atoms with van der Waals surface area (Å²) in [6.07, 6.45) is -0.391. The zero-order valence-corrected chi connectivity index (χ0v) is 13.6. The molecule has 0 radical (unpaired) electrons. The number of esters is 1. The Labute approximate surface area is 140 Å². The molecule has 1 amide bonds. The van der Waals surface area contributed by atoms with E-state index in [1.807, 2.05) is 0 Å². The highest BCUT2D eigenvalue weighted by Gasteiger charge is 2.31. The number of benzene rings is 2. The van der Waals surface area contributed by atoms with Crippen LogP contribution in [0.2, 0.25) is 0 Å². The van der Waals surface area contributed by atoms with Gasteiger partial charge in [-0.1, -0.05) is 48.5 Å². The molecule has 0 aliphatic heterocycles. The highest BCUT2D eigenvalue weighted by atomic mass is 16.5. The van der Waals surface area contributed by atoms with Crippen LogP contribution < -0.4 is 5.32 Å². The molecule has 0 fully saturated rings. The van der Waals surface area contributed by atoms with Gasteiger partial charge >= 0.3 is 5.97 Å². The molecule has 0 aliphatic carbocycles. The van der Waals surface area contributed by atoms with Gasteiger partial charge in [-0.2, -0.15) is 0 Å². The summed E-state index contributed by atoms with van der Waals surface area (Å²) in [5.74, 6) is -1.79. The van der Waals surface area contributed by atoms with Gasteiger partial charge in [-0.15, -0.1) is 0 Å². The van der Waals surface area contributed by atoms with Gasteiger partial charge in [0.15, 0.2) is 11.8 Å². The fraction of sp³-hybridized carbons (Fsp3) is 0.211. The number of carbonyl (C=O) groups excluding carboxylic acids is 3. The Bertz CT molecular complexity index is 711. The van der Waals surface area contributed by atoms with Crippen molar-refractivity contribution in [3.05, 3.63) is 71.8 Å². The lowest BCUT2D eigenvalue weighted by Crippen LogP contribution is -2.48. The van der Waals surface area contributed by atoms with Crippen LogP contribution >= 0.6 is 0 Å². The molecular formula is C19H19NO4. The van der Waals surface area contributed by atoms with E-state index in [9.17, 15) is 14.4 Å². The van der Waals surface area contributed by atoms with E-state index < -0.39 is 29.8 Å². The largest absolute Gasteiger partial charge is 0.461 e. The summed E-state index contributed by atoms with van der Waals surface area (Å²) in [4.78, 5) is 37.2. The Hall–Kier alpha value is -2.95. The minimum atomic E-state index is -1.39. The molecule has 2 rings (SSSR count). The van der Waals surface area contributed by atoms with Crippen molar-refractivity contribution in [1.82, 2.24) is 5.32 Å².